The van der Waals surface area contributed by atoms with Crippen molar-refractivity contribution in [3.8, 4) is 0 Å². The molecule has 1 aromatic heterocycles. The Hall–Kier alpha value is -3.16. The van der Waals surface area contributed by atoms with Crippen LogP contribution in [0.1, 0.15) is 6.92 Å². The molecular weight excluding hydrogens is 288 g/mol. The monoisotopic (exact) mass is 300 g/mol. The van der Waals surface area contributed by atoms with E-state index in [1.165, 1.54) is 12.1 Å². The minimum absolute atomic E-state index is 0.132. The third-order valence-electron chi connectivity index (χ3n) is 3.35. The second-order valence-electron chi connectivity index (χ2n) is 4.60. The summed E-state index contributed by atoms with van der Waals surface area (Å²) >= 11 is 0. The average molecular weight is 300 g/mol. The molecule has 0 saturated heterocycles. The smallest absolute Gasteiger partial charge is 0.297 e. The highest BCUT2D eigenvalue weighted by Gasteiger charge is 2.25. The molecule has 0 aliphatic heterocycles. The summed E-state index contributed by atoms with van der Waals surface area (Å²) in [5.74, 6) is 0. The minimum Gasteiger partial charge on any atom is -0.359 e. The molecule has 0 spiro atoms. The van der Waals surface area contributed by atoms with Gasteiger partial charge < -0.3 is 10.1 Å². The minimum atomic E-state index is -0.496. The molecule has 3 rings (SSSR count). The summed E-state index contributed by atoms with van der Waals surface area (Å²) in [6.45, 7) is 2.38. The summed E-state index contributed by atoms with van der Waals surface area (Å²) in [6.07, 6.45) is 0. The fourth-order valence-electron chi connectivity index (χ4n) is 2.36. The lowest BCUT2D eigenvalue weighted by atomic mass is 10.2. The first-order chi connectivity index (χ1) is 10.6. The number of nitrogens with zero attached hydrogens (tertiary/aromatic N) is 4. The third-order valence-corrected chi connectivity index (χ3v) is 3.35. The standard InChI is InChI=1S/C14H12N4O4/c1-2-16(10-6-4-3-5-7-10)13-9-12-11(15-22-18(12)21)8-14(13)17(19)20/h3-9H,2H2,1H3. The fourth-order valence-corrected chi connectivity index (χ4v) is 2.36. The van der Waals surface area contributed by atoms with Crippen LogP contribution in [0.3, 0.4) is 0 Å². The number of anilines is 2. The van der Waals surface area contributed by atoms with Gasteiger partial charge in [-0.2, -0.15) is 0 Å². The van der Waals surface area contributed by atoms with E-state index in [0.29, 0.717) is 12.2 Å². The van der Waals surface area contributed by atoms with Gasteiger partial charge in [0.1, 0.15) is 5.69 Å². The van der Waals surface area contributed by atoms with Crippen molar-refractivity contribution in [2.75, 3.05) is 11.4 Å². The molecule has 0 unspecified atom stereocenters. The molecule has 112 valence electrons. The topological polar surface area (TPSA) is 99.3 Å². The summed E-state index contributed by atoms with van der Waals surface area (Å²) in [6, 6.07) is 11.9. The zero-order valence-electron chi connectivity index (χ0n) is 11.7. The van der Waals surface area contributed by atoms with E-state index in [2.05, 4.69) is 9.79 Å². The molecule has 2 aromatic carbocycles. The van der Waals surface area contributed by atoms with Crippen LogP contribution in [-0.4, -0.2) is 16.6 Å². The van der Waals surface area contributed by atoms with Crippen molar-refractivity contribution in [2.24, 2.45) is 0 Å². The lowest BCUT2D eigenvalue weighted by Crippen LogP contribution is -2.23. The van der Waals surface area contributed by atoms with E-state index in [-0.39, 0.29) is 21.6 Å². The summed E-state index contributed by atoms with van der Waals surface area (Å²) in [4.78, 5) is 12.9. The molecule has 8 nitrogen and oxygen atoms in total. The van der Waals surface area contributed by atoms with Crippen LogP contribution in [0.2, 0.25) is 0 Å². The van der Waals surface area contributed by atoms with Crippen molar-refractivity contribution in [3.63, 3.8) is 0 Å². The van der Waals surface area contributed by atoms with Gasteiger partial charge in [0.15, 0.2) is 0 Å². The van der Waals surface area contributed by atoms with Crippen molar-refractivity contribution in [2.45, 2.75) is 6.92 Å². The van der Waals surface area contributed by atoms with Crippen LogP contribution in [-0.2, 0) is 0 Å². The number of aromatic nitrogens is 2. The zero-order valence-corrected chi connectivity index (χ0v) is 11.7. The molecule has 0 amide bonds. The third kappa shape index (κ3) is 2.20. The maximum atomic E-state index is 11.6. The summed E-state index contributed by atoms with van der Waals surface area (Å²) in [5, 5.41) is 26.4. The van der Waals surface area contributed by atoms with Gasteiger partial charge in [0.2, 0.25) is 5.52 Å². The fraction of sp³-hybridized carbons (Fsp3) is 0.143. The molecule has 22 heavy (non-hydrogen) atoms. The summed E-state index contributed by atoms with van der Waals surface area (Å²) in [7, 11) is 0. The van der Waals surface area contributed by atoms with Gasteiger partial charge in [-0.3, -0.25) is 14.7 Å². The molecule has 0 radical (unpaired) electrons. The van der Waals surface area contributed by atoms with Crippen molar-refractivity contribution in [1.82, 2.24) is 5.16 Å². The number of benzene rings is 2. The van der Waals surface area contributed by atoms with Gasteiger partial charge in [0.05, 0.1) is 11.0 Å². The molecule has 0 N–H and O–H groups in total. The van der Waals surface area contributed by atoms with E-state index in [4.69, 9.17) is 0 Å². The predicted molar refractivity (Wildman–Crippen MR) is 78.7 cm³/mol. The molecule has 3 aromatic rings. The van der Waals surface area contributed by atoms with E-state index in [0.717, 1.165) is 5.69 Å². The number of hydrogen-bond acceptors (Lipinski definition) is 6. The number of nitro groups is 1. The highest BCUT2D eigenvalue weighted by Crippen LogP contribution is 2.35. The van der Waals surface area contributed by atoms with Gasteiger partial charge in [-0.05, 0) is 24.0 Å². The first-order valence-corrected chi connectivity index (χ1v) is 6.62. The van der Waals surface area contributed by atoms with Crippen LogP contribution in [0, 0.1) is 15.3 Å². The van der Waals surface area contributed by atoms with Crippen molar-refractivity contribution in [3.05, 3.63) is 57.8 Å². The number of nitro benzene ring substituents is 1. The Morgan fingerprint density at radius 1 is 1.32 bits per heavy atom. The lowest BCUT2D eigenvalue weighted by molar-refractivity contribution is -0.782. The Labute approximate surface area is 124 Å². The SMILES string of the molecule is CCN(c1ccccc1)c1cc2c(cc1[N+](=O)[O-])no[n+]2[O-]. The second-order valence-corrected chi connectivity index (χ2v) is 4.60. The van der Waals surface area contributed by atoms with Crippen molar-refractivity contribution >= 4 is 28.1 Å². The van der Waals surface area contributed by atoms with Crippen LogP contribution in [0.4, 0.5) is 17.1 Å². The van der Waals surface area contributed by atoms with Crippen LogP contribution in [0.5, 0.6) is 0 Å². The van der Waals surface area contributed by atoms with Crippen molar-refractivity contribution < 1.29 is 14.5 Å². The highest BCUT2D eigenvalue weighted by molar-refractivity contribution is 5.85. The molecule has 0 bridgehead atoms. The quantitative estimate of drug-likeness (QED) is 0.417. The first-order valence-electron chi connectivity index (χ1n) is 6.62. The molecule has 0 aliphatic carbocycles. The summed E-state index contributed by atoms with van der Waals surface area (Å²) in [5.41, 5.74) is 1.28. The van der Waals surface area contributed by atoms with Crippen LogP contribution < -0.4 is 9.80 Å². The molecule has 1 heterocycles. The van der Waals surface area contributed by atoms with E-state index in [1.54, 1.807) is 4.90 Å². The summed E-state index contributed by atoms with van der Waals surface area (Å²) < 4.78 is 4.49. The molecule has 0 atom stereocenters. The zero-order chi connectivity index (χ0) is 15.7. The van der Waals surface area contributed by atoms with Crippen LogP contribution >= 0.6 is 0 Å². The molecule has 0 aliphatic rings. The highest BCUT2D eigenvalue weighted by atomic mass is 16.8. The van der Waals surface area contributed by atoms with E-state index < -0.39 is 4.92 Å². The maximum absolute atomic E-state index is 11.6. The Morgan fingerprint density at radius 2 is 2.05 bits per heavy atom. The van der Waals surface area contributed by atoms with Gasteiger partial charge >= 0.3 is 0 Å². The molecule has 0 saturated carbocycles. The predicted octanol–water partition coefficient (Wildman–Crippen LogP) is 2.53. The van der Waals surface area contributed by atoms with Gasteiger partial charge in [0.25, 0.3) is 11.2 Å². The maximum Gasteiger partial charge on any atom is 0.297 e. The van der Waals surface area contributed by atoms with E-state index in [1.807, 2.05) is 37.3 Å². The van der Waals surface area contributed by atoms with Gasteiger partial charge in [-0.1, -0.05) is 18.2 Å². The van der Waals surface area contributed by atoms with Crippen molar-refractivity contribution in [1.29, 1.82) is 0 Å². The average Bonchev–Trinajstić information content (AvgIpc) is 2.89. The molecule has 8 heteroatoms. The van der Waals surface area contributed by atoms with Gasteiger partial charge in [-0.25, -0.2) is 0 Å². The van der Waals surface area contributed by atoms with Gasteiger partial charge in [-0.15, -0.1) is 0 Å². The Bertz CT molecular complexity index is 831. The van der Waals surface area contributed by atoms with Gasteiger partial charge in [0, 0.05) is 23.5 Å². The first kappa shape index (κ1) is 13.8. The molecule has 0 fully saturated rings. The Kier molecular flexibility index (Phi) is 3.34. The number of para-hydroxylation sites is 1. The van der Waals surface area contributed by atoms with Crippen LogP contribution in [0.15, 0.2) is 47.1 Å². The Balaban J connectivity index is 2.24. The largest absolute Gasteiger partial charge is 0.359 e. The van der Waals surface area contributed by atoms with Crippen LogP contribution in [0.25, 0.3) is 11.0 Å². The number of fused-ring (bicyclic) bond motifs is 1. The lowest BCUT2D eigenvalue weighted by Gasteiger charge is -2.22. The van der Waals surface area contributed by atoms with E-state index in [9.17, 15) is 15.3 Å². The van der Waals surface area contributed by atoms with E-state index >= 15 is 0 Å². The normalized spacial score (nSPS) is 10.8. The Morgan fingerprint density at radius 3 is 2.68 bits per heavy atom. The second kappa shape index (κ2) is 5.32. The molecular formula is C14H12N4O4. The number of hydrogen-bond donors (Lipinski definition) is 0. The number of rotatable bonds is 4.